The van der Waals surface area contributed by atoms with Crippen molar-refractivity contribution in [3.05, 3.63) is 65.2 Å². The Morgan fingerprint density at radius 3 is 2.15 bits per heavy atom. The maximum atomic E-state index is 13.7. The molecule has 2 atom stereocenters. The Bertz CT molecular complexity index is 1090. The molecule has 2 aromatic rings. The highest BCUT2D eigenvalue weighted by Gasteiger charge is 2.52. The summed E-state index contributed by atoms with van der Waals surface area (Å²) in [4.78, 5) is 28.1. The molecular formula is C27H32BNO5. The van der Waals surface area contributed by atoms with Crippen LogP contribution in [-0.2, 0) is 14.1 Å². The van der Waals surface area contributed by atoms with Gasteiger partial charge in [-0.25, -0.2) is 0 Å². The van der Waals surface area contributed by atoms with Gasteiger partial charge < -0.3 is 19.3 Å². The average molecular weight is 461 g/mol. The van der Waals surface area contributed by atoms with Crippen molar-refractivity contribution in [2.45, 2.75) is 82.6 Å². The Kier molecular flexibility index (Phi) is 5.61. The quantitative estimate of drug-likeness (QED) is 0.688. The monoisotopic (exact) mass is 461 g/mol. The maximum Gasteiger partial charge on any atom is 0.494 e. The Hall–Kier alpha value is -2.64. The van der Waals surface area contributed by atoms with Crippen molar-refractivity contribution in [1.82, 2.24) is 4.90 Å². The summed E-state index contributed by atoms with van der Waals surface area (Å²) in [5.41, 5.74) is 1.92. The van der Waals surface area contributed by atoms with Crippen molar-refractivity contribution in [1.29, 1.82) is 0 Å². The molecule has 0 aromatic heterocycles. The number of hydrogen-bond donors (Lipinski definition) is 1. The summed E-state index contributed by atoms with van der Waals surface area (Å²) in [6.07, 6.45) is 3.92. The highest BCUT2D eigenvalue weighted by Crippen LogP contribution is 2.46. The number of rotatable bonds is 4. The summed E-state index contributed by atoms with van der Waals surface area (Å²) in [5, 5.41) is 10.3. The molecule has 1 amide bonds. The highest BCUT2D eigenvalue weighted by atomic mass is 16.7. The van der Waals surface area contributed by atoms with Crippen LogP contribution < -0.4 is 5.46 Å². The first kappa shape index (κ1) is 23.1. The van der Waals surface area contributed by atoms with Gasteiger partial charge in [0.15, 0.2) is 0 Å². The second-order valence-electron chi connectivity index (χ2n) is 10.8. The third-order valence-corrected chi connectivity index (χ3v) is 8.16. The second-order valence-corrected chi connectivity index (χ2v) is 10.8. The van der Waals surface area contributed by atoms with E-state index in [4.69, 9.17) is 9.31 Å². The molecule has 178 valence electrons. The number of hydrogen-bond acceptors (Lipinski definition) is 4. The van der Waals surface area contributed by atoms with Gasteiger partial charge in [-0.2, -0.15) is 0 Å². The molecule has 2 aromatic carbocycles. The summed E-state index contributed by atoms with van der Waals surface area (Å²) in [7, 11) is -0.492. The first-order valence-electron chi connectivity index (χ1n) is 12.2. The Labute approximate surface area is 201 Å². The SMILES string of the molecule is CC1(C)OB(c2ccc([C@H]3[C@H](C(=O)O)c4ccccc4C(=O)N3C3CCCC3)cc2)OC1(C)C. The molecule has 2 aliphatic heterocycles. The normalized spacial score (nSPS) is 26.1. The molecule has 1 saturated carbocycles. The predicted molar refractivity (Wildman–Crippen MR) is 130 cm³/mol. The van der Waals surface area contributed by atoms with Crippen LogP contribution in [0.4, 0.5) is 0 Å². The van der Waals surface area contributed by atoms with Crippen LogP contribution in [-0.4, -0.2) is 46.2 Å². The minimum atomic E-state index is -0.914. The van der Waals surface area contributed by atoms with Gasteiger partial charge in [0, 0.05) is 11.6 Å². The number of amides is 1. The van der Waals surface area contributed by atoms with Gasteiger partial charge >= 0.3 is 13.1 Å². The van der Waals surface area contributed by atoms with E-state index in [1.807, 2.05) is 69.0 Å². The zero-order chi connectivity index (χ0) is 24.3. The minimum absolute atomic E-state index is 0.0514. The molecule has 0 radical (unpaired) electrons. The maximum absolute atomic E-state index is 13.7. The molecule has 34 heavy (non-hydrogen) atoms. The van der Waals surface area contributed by atoms with Gasteiger partial charge in [-0.3, -0.25) is 9.59 Å². The fraction of sp³-hybridized carbons (Fsp3) is 0.481. The van der Waals surface area contributed by atoms with E-state index in [0.29, 0.717) is 11.1 Å². The van der Waals surface area contributed by atoms with Crippen LogP contribution in [0.1, 0.15) is 86.8 Å². The predicted octanol–water partition coefficient (Wildman–Crippen LogP) is 4.29. The first-order valence-corrected chi connectivity index (χ1v) is 12.2. The van der Waals surface area contributed by atoms with E-state index in [1.54, 1.807) is 12.1 Å². The van der Waals surface area contributed by atoms with Gasteiger partial charge in [0.25, 0.3) is 5.91 Å². The molecular weight excluding hydrogens is 429 g/mol. The number of carbonyl (C=O) groups is 2. The summed E-state index contributed by atoms with van der Waals surface area (Å²) in [5.74, 6) is -1.81. The van der Waals surface area contributed by atoms with Gasteiger partial charge in [0.1, 0.15) is 5.92 Å². The fourth-order valence-corrected chi connectivity index (χ4v) is 5.59. The van der Waals surface area contributed by atoms with E-state index in [9.17, 15) is 14.7 Å². The lowest BCUT2D eigenvalue weighted by atomic mass is 9.76. The zero-order valence-corrected chi connectivity index (χ0v) is 20.3. The van der Waals surface area contributed by atoms with E-state index in [2.05, 4.69) is 0 Å². The second kappa shape index (κ2) is 8.24. The lowest BCUT2D eigenvalue weighted by molar-refractivity contribution is -0.140. The summed E-state index contributed by atoms with van der Waals surface area (Å²) in [6, 6.07) is 14.4. The number of fused-ring (bicyclic) bond motifs is 1. The zero-order valence-electron chi connectivity index (χ0n) is 20.3. The van der Waals surface area contributed by atoms with Crippen LogP contribution >= 0.6 is 0 Å². The summed E-state index contributed by atoms with van der Waals surface area (Å²) >= 11 is 0. The molecule has 2 heterocycles. The topological polar surface area (TPSA) is 76.1 Å². The minimum Gasteiger partial charge on any atom is -0.481 e. The molecule has 1 saturated heterocycles. The molecule has 0 unspecified atom stereocenters. The van der Waals surface area contributed by atoms with Crippen molar-refractivity contribution in [3.8, 4) is 0 Å². The number of aliphatic carboxylic acids is 1. The first-order chi connectivity index (χ1) is 16.1. The summed E-state index contributed by atoms with van der Waals surface area (Å²) in [6.45, 7) is 8.07. The van der Waals surface area contributed by atoms with E-state index in [-0.39, 0.29) is 11.9 Å². The van der Waals surface area contributed by atoms with Crippen molar-refractivity contribution in [2.24, 2.45) is 0 Å². The third kappa shape index (κ3) is 3.66. The smallest absolute Gasteiger partial charge is 0.481 e. The number of carboxylic acid groups (broad SMARTS) is 1. The molecule has 2 fully saturated rings. The van der Waals surface area contributed by atoms with E-state index in [1.165, 1.54) is 0 Å². The molecule has 7 heteroatoms. The van der Waals surface area contributed by atoms with E-state index < -0.39 is 36.2 Å². The van der Waals surface area contributed by atoms with Crippen LogP contribution in [0.3, 0.4) is 0 Å². The lowest BCUT2D eigenvalue weighted by Crippen LogP contribution is -2.49. The van der Waals surface area contributed by atoms with Crippen LogP contribution in [0.5, 0.6) is 0 Å². The van der Waals surface area contributed by atoms with Crippen LogP contribution in [0.25, 0.3) is 0 Å². The van der Waals surface area contributed by atoms with Crippen LogP contribution in [0, 0.1) is 0 Å². The largest absolute Gasteiger partial charge is 0.494 e. The van der Waals surface area contributed by atoms with Crippen molar-refractivity contribution in [3.63, 3.8) is 0 Å². The van der Waals surface area contributed by atoms with Gasteiger partial charge in [0.2, 0.25) is 0 Å². The molecule has 5 rings (SSSR count). The fourth-order valence-electron chi connectivity index (χ4n) is 5.59. The van der Waals surface area contributed by atoms with Crippen molar-refractivity contribution < 1.29 is 24.0 Å². The van der Waals surface area contributed by atoms with E-state index in [0.717, 1.165) is 36.7 Å². The standard InChI is InChI=1S/C27H32BNO5/c1-26(2)27(3,4)34-28(33-26)18-15-13-17(14-16-18)23-22(25(31)32)20-11-7-8-12-21(20)24(30)29(23)19-9-5-6-10-19/h7-8,11-16,19,22-23H,5-6,9-10H2,1-4H3,(H,31,32)/t22-,23+/m1/s1. The van der Waals surface area contributed by atoms with Crippen molar-refractivity contribution >= 4 is 24.5 Å². The molecule has 1 N–H and O–H groups in total. The van der Waals surface area contributed by atoms with Crippen LogP contribution in [0.2, 0.25) is 0 Å². The van der Waals surface area contributed by atoms with Gasteiger partial charge in [-0.05, 0) is 63.2 Å². The third-order valence-electron chi connectivity index (χ3n) is 8.16. The number of nitrogens with zero attached hydrogens (tertiary/aromatic N) is 1. The molecule has 0 bridgehead atoms. The Morgan fingerprint density at radius 1 is 0.971 bits per heavy atom. The molecule has 0 spiro atoms. The number of benzene rings is 2. The number of carboxylic acids is 1. The van der Waals surface area contributed by atoms with Gasteiger partial charge in [-0.15, -0.1) is 0 Å². The molecule has 6 nitrogen and oxygen atoms in total. The van der Waals surface area contributed by atoms with Gasteiger partial charge in [0.05, 0.1) is 17.2 Å². The molecule has 1 aliphatic carbocycles. The molecule has 3 aliphatic rings. The van der Waals surface area contributed by atoms with Gasteiger partial charge in [-0.1, -0.05) is 55.3 Å². The number of carbonyl (C=O) groups excluding carboxylic acids is 1. The Morgan fingerprint density at radius 2 is 1.56 bits per heavy atom. The Balaban J connectivity index is 1.55. The lowest BCUT2D eigenvalue weighted by Gasteiger charge is -2.44. The highest BCUT2D eigenvalue weighted by molar-refractivity contribution is 6.62. The average Bonchev–Trinajstić information content (AvgIpc) is 3.39. The van der Waals surface area contributed by atoms with Crippen LogP contribution in [0.15, 0.2) is 48.5 Å². The summed E-state index contributed by atoms with van der Waals surface area (Å²) < 4.78 is 12.4. The van der Waals surface area contributed by atoms with E-state index >= 15 is 0 Å². The van der Waals surface area contributed by atoms with Crippen molar-refractivity contribution in [2.75, 3.05) is 0 Å².